The van der Waals surface area contributed by atoms with Gasteiger partial charge in [0.2, 0.25) is 0 Å². The number of nitrogens with zero attached hydrogens (tertiary/aromatic N) is 3. The van der Waals surface area contributed by atoms with Gasteiger partial charge in [0.1, 0.15) is 10.7 Å². The number of rotatable bonds is 5. The Morgan fingerprint density at radius 2 is 1.81 bits per heavy atom. The maximum absolute atomic E-state index is 12.6. The lowest BCUT2D eigenvalue weighted by atomic mass is 10.1. The predicted octanol–water partition coefficient (Wildman–Crippen LogP) is 3.69. The molecule has 0 radical (unpaired) electrons. The van der Waals surface area contributed by atoms with Crippen LogP contribution in [0.2, 0.25) is 0 Å². The first kappa shape index (κ1) is 17.2. The van der Waals surface area contributed by atoms with E-state index in [1.54, 1.807) is 36.4 Å². The van der Waals surface area contributed by atoms with E-state index in [-0.39, 0.29) is 4.90 Å². The lowest BCUT2D eigenvalue weighted by Crippen LogP contribution is -2.14. The Kier molecular flexibility index (Phi) is 4.34. The first-order chi connectivity index (χ1) is 13.0. The molecule has 1 aromatic carbocycles. The highest BCUT2D eigenvalue weighted by Gasteiger charge is 2.25. The van der Waals surface area contributed by atoms with E-state index in [1.165, 1.54) is 12.3 Å². The fraction of sp³-hybridized carbons (Fsp3) is 0.150. The summed E-state index contributed by atoms with van der Waals surface area (Å²) in [6.07, 6.45) is 3.52. The Balaban J connectivity index is 1.55. The van der Waals surface area contributed by atoms with E-state index < -0.39 is 10.0 Å². The predicted molar refractivity (Wildman–Crippen MR) is 101 cm³/mol. The van der Waals surface area contributed by atoms with Gasteiger partial charge < -0.3 is 0 Å². The van der Waals surface area contributed by atoms with Gasteiger partial charge in [-0.3, -0.25) is 9.71 Å². The van der Waals surface area contributed by atoms with Crippen LogP contribution in [-0.4, -0.2) is 18.4 Å². The van der Waals surface area contributed by atoms with E-state index in [9.17, 15) is 8.42 Å². The van der Waals surface area contributed by atoms with Crippen LogP contribution in [0.15, 0.2) is 65.7 Å². The summed E-state index contributed by atoms with van der Waals surface area (Å²) in [7, 11) is -3.76. The number of hydrogen-bond acceptors (Lipinski definition) is 5. The Morgan fingerprint density at radius 1 is 1.04 bits per heavy atom. The fourth-order valence-corrected chi connectivity index (χ4v) is 3.68. The van der Waals surface area contributed by atoms with Crippen LogP contribution in [0.5, 0.6) is 0 Å². The summed E-state index contributed by atoms with van der Waals surface area (Å²) < 4.78 is 27.7. The topological polar surface area (TPSA) is 95.7 Å². The molecule has 1 aliphatic rings. The molecule has 0 bridgehead atoms. The lowest BCUT2D eigenvalue weighted by Gasteiger charge is -2.09. The molecule has 27 heavy (non-hydrogen) atoms. The molecule has 2 aromatic heterocycles. The molecule has 0 atom stereocenters. The number of nitrogens with one attached hydrogen (secondary N) is 1. The molecule has 0 amide bonds. The largest absolute Gasteiger partial charge is 0.264 e. The monoisotopic (exact) mass is 376 g/mol. The summed E-state index contributed by atoms with van der Waals surface area (Å²) in [5.41, 5.74) is 2.92. The van der Waals surface area contributed by atoms with Gasteiger partial charge in [-0.05, 0) is 49.2 Å². The van der Waals surface area contributed by atoms with Gasteiger partial charge in [0.25, 0.3) is 10.0 Å². The van der Waals surface area contributed by atoms with Crippen molar-refractivity contribution in [1.82, 2.24) is 9.97 Å². The van der Waals surface area contributed by atoms with Gasteiger partial charge in [0, 0.05) is 23.4 Å². The van der Waals surface area contributed by atoms with Gasteiger partial charge in [-0.25, -0.2) is 13.4 Å². The first-order valence-electron chi connectivity index (χ1n) is 8.51. The SMILES string of the molecule is N#Cc1ccc(-c2ccc(S(=O)(=O)Nc3cccc(C4CC4)n3)cn2)cc1. The van der Waals surface area contributed by atoms with Crippen LogP contribution >= 0.6 is 0 Å². The highest BCUT2D eigenvalue weighted by molar-refractivity contribution is 7.92. The van der Waals surface area contributed by atoms with Crippen LogP contribution in [0.25, 0.3) is 11.3 Å². The second-order valence-electron chi connectivity index (χ2n) is 6.40. The zero-order valence-corrected chi connectivity index (χ0v) is 15.1. The van der Waals surface area contributed by atoms with Crippen LogP contribution in [0.4, 0.5) is 5.82 Å². The second kappa shape index (κ2) is 6.82. The molecular weight excluding hydrogens is 360 g/mol. The fourth-order valence-electron chi connectivity index (χ4n) is 2.74. The highest BCUT2D eigenvalue weighted by Crippen LogP contribution is 2.39. The number of nitriles is 1. The third-order valence-electron chi connectivity index (χ3n) is 4.36. The van der Waals surface area contributed by atoms with Crippen molar-refractivity contribution in [3.63, 3.8) is 0 Å². The first-order valence-corrected chi connectivity index (χ1v) is 10.00. The van der Waals surface area contributed by atoms with Gasteiger partial charge >= 0.3 is 0 Å². The van der Waals surface area contributed by atoms with E-state index in [0.717, 1.165) is 24.1 Å². The molecule has 0 saturated heterocycles. The normalized spacial score (nSPS) is 13.7. The van der Waals surface area contributed by atoms with Crippen molar-refractivity contribution in [2.75, 3.05) is 4.72 Å². The van der Waals surface area contributed by atoms with Gasteiger partial charge in [-0.2, -0.15) is 5.26 Å². The van der Waals surface area contributed by atoms with Crippen molar-refractivity contribution < 1.29 is 8.42 Å². The molecule has 0 aliphatic heterocycles. The highest BCUT2D eigenvalue weighted by atomic mass is 32.2. The van der Waals surface area contributed by atoms with Crippen molar-refractivity contribution in [2.45, 2.75) is 23.7 Å². The number of sulfonamides is 1. The van der Waals surface area contributed by atoms with Gasteiger partial charge in [-0.15, -0.1) is 0 Å². The molecule has 4 rings (SSSR count). The smallest absolute Gasteiger partial charge is 0.263 e. The molecular formula is C20H16N4O2S. The molecule has 2 heterocycles. The summed E-state index contributed by atoms with van der Waals surface area (Å²) in [5.74, 6) is 0.762. The van der Waals surface area contributed by atoms with Crippen LogP contribution in [0.1, 0.15) is 30.0 Å². The van der Waals surface area contributed by atoms with Crippen molar-refractivity contribution in [3.8, 4) is 17.3 Å². The quantitative estimate of drug-likeness (QED) is 0.732. The molecule has 3 aromatic rings. The summed E-state index contributed by atoms with van der Waals surface area (Å²) in [4.78, 5) is 8.70. The Labute approximate surface area is 157 Å². The summed E-state index contributed by atoms with van der Waals surface area (Å²) in [5, 5.41) is 8.85. The van der Waals surface area contributed by atoms with E-state index in [1.807, 2.05) is 12.1 Å². The minimum atomic E-state index is -3.76. The van der Waals surface area contributed by atoms with E-state index in [0.29, 0.717) is 23.0 Å². The molecule has 1 saturated carbocycles. The van der Waals surface area contributed by atoms with Crippen LogP contribution in [0, 0.1) is 11.3 Å². The zero-order valence-electron chi connectivity index (χ0n) is 14.3. The number of pyridine rings is 2. The number of aromatic nitrogens is 2. The Bertz CT molecular complexity index is 1110. The molecule has 134 valence electrons. The average molecular weight is 376 g/mol. The summed E-state index contributed by atoms with van der Waals surface area (Å²) >= 11 is 0. The summed E-state index contributed by atoms with van der Waals surface area (Å²) in [6, 6.07) is 17.5. The molecule has 0 spiro atoms. The van der Waals surface area contributed by atoms with Gasteiger partial charge in [0.15, 0.2) is 0 Å². The third kappa shape index (κ3) is 3.81. The Morgan fingerprint density at radius 3 is 2.44 bits per heavy atom. The second-order valence-corrected chi connectivity index (χ2v) is 8.08. The van der Waals surface area contributed by atoms with Gasteiger partial charge in [0.05, 0.1) is 17.3 Å². The van der Waals surface area contributed by atoms with E-state index >= 15 is 0 Å². The van der Waals surface area contributed by atoms with E-state index in [4.69, 9.17) is 5.26 Å². The minimum Gasteiger partial charge on any atom is -0.263 e. The molecule has 1 fully saturated rings. The van der Waals surface area contributed by atoms with Crippen LogP contribution in [0.3, 0.4) is 0 Å². The number of benzene rings is 1. The van der Waals surface area contributed by atoms with Crippen LogP contribution in [-0.2, 0) is 10.0 Å². The molecule has 1 N–H and O–H groups in total. The molecule has 0 unspecified atom stereocenters. The molecule has 1 aliphatic carbocycles. The Hall–Kier alpha value is -3.24. The lowest BCUT2D eigenvalue weighted by molar-refractivity contribution is 0.600. The zero-order chi connectivity index (χ0) is 18.9. The van der Waals surface area contributed by atoms with Crippen molar-refractivity contribution in [3.05, 3.63) is 72.1 Å². The van der Waals surface area contributed by atoms with Crippen molar-refractivity contribution >= 4 is 15.8 Å². The third-order valence-corrected chi connectivity index (χ3v) is 5.70. The minimum absolute atomic E-state index is 0.0681. The molecule has 6 nitrogen and oxygen atoms in total. The maximum Gasteiger partial charge on any atom is 0.264 e. The standard InChI is InChI=1S/C20H16N4O2S/c21-12-14-4-6-15(7-5-14)18-11-10-17(13-22-18)27(25,26)24-20-3-1-2-19(23-20)16-8-9-16/h1-7,10-11,13,16H,8-9H2,(H,23,24). The van der Waals surface area contributed by atoms with Crippen molar-refractivity contribution in [1.29, 1.82) is 5.26 Å². The van der Waals surface area contributed by atoms with Crippen molar-refractivity contribution in [2.24, 2.45) is 0 Å². The number of hydrogen-bond donors (Lipinski definition) is 1. The summed E-state index contributed by atoms with van der Waals surface area (Å²) in [6.45, 7) is 0. The maximum atomic E-state index is 12.6. The van der Waals surface area contributed by atoms with Gasteiger partial charge in [-0.1, -0.05) is 18.2 Å². The average Bonchev–Trinajstić information content (AvgIpc) is 3.53. The number of anilines is 1. The molecule has 7 heteroatoms. The van der Waals surface area contributed by atoms with E-state index in [2.05, 4.69) is 20.8 Å². The van der Waals surface area contributed by atoms with Crippen LogP contribution < -0.4 is 4.72 Å².